The first kappa shape index (κ1) is 11.3. The Labute approximate surface area is 74.7 Å². The molecule has 0 radical (unpaired) electrons. The number of hydrogen-bond acceptors (Lipinski definition) is 2. The molecule has 0 saturated carbocycles. The Morgan fingerprint density at radius 2 is 1.92 bits per heavy atom. The summed E-state index contributed by atoms with van der Waals surface area (Å²) < 4.78 is 5.15. The molecule has 1 atom stereocenters. The zero-order valence-corrected chi connectivity index (χ0v) is 8.63. The molecule has 0 spiro atoms. The van der Waals surface area contributed by atoms with Gasteiger partial charge in [-0.05, 0) is 19.8 Å². The Kier molecular flexibility index (Phi) is 4.71. The summed E-state index contributed by atoms with van der Waals surface area (Å²) in [5.74, 6) is 0.374. The summed E-state index contributed by atoms with van der Waals surface area (Å²) in [6, 6.07) is 0. The van der Waals surface area contributed by atoms with Gasteiger partial charge in [-0.15, -0.1) is 0 Å². The molecule has 0 unspecified atom stereocenters. The standard InChI is InChI=1S/C9H19NO2/c1-6-10(5)9(11)12-8(4)7(2)3/h7-8H,6H2,1-5H3/t8-/m0/s1. The van der Waals surface area contributed by atoms with E-state index in [1.807, 2.05) is 27.7 Å². The monoisotopic (exact) mass is 173 g/mol. The van der Waals surface area contributed by atoms with E-state index >= 15 is 0 Å². The van der Waals surface area contributed by atoms with E-state index in [0.717, 1.165) is 0 Å². The number of rotatable bonds is 3. The van der Waals surface area contributed by atoms with Gasteiger partial charge in [-0.3, -0.25) is 0 Å². The van der Waals surface area contributed by atoms with Crippen LogP contribution >= 0.6 is 0 Å². The Hall–Kier alpha value is -0.730. The Morgan fingerprint density at radius 1 is 1.42 bits per heavy atom. The maximum atomic E-state index is 11.2. The van der Waals surface area contributed by atoms with Crippen molar-refractivity contribution in [2.45, 2.75) is 33.8 Å². The third-order valence-electron chi connectivity index (χ3n) is 2.01. The number of ether oxygens (including phenoxy) is 1. The van der Waals surface area contributed by atoms with Crippen LogP contribution in [0.1, 0.15) is 27.7 Å². The van der Waals surface area contributed by atoms with Gasteiger partial charge in [-0.25, -0.2) is 4.79 Å². The zero-order valence-electron chi connectivity index (χ0n) is 8.63. The van der Waals surface area contributed by atoms with Crippen LogP contribution in [0.25, 0.3) is 0 Å². The molecular formula is C9H19NO2. The largest absolute Gasteiger partial charge is 0.446 e. The lowest BCUT2D eigenvalue weighted by Crippen LogP contribution is -2.31. The SMILES string of the molecule is CCN(C)C(=O)O[C@@H](C)C(C)C. The minimum Gasteiger partial charge on any atom is -0.446 e. The minimum absolute atomic E-state index is 0.00787. The van der Waals surface area contributed by atoms with E-state index < -0.39 is 0 Å². The average Bonchev–Trinajstić information content (AvgIpc) is 2.02. The molecule has 0 heterocycles. The van der Waals surface area contributed by atoms with Gasteiger partial charge in [0.25, 0.3) is 0 Å². The molecule has 12 heavy (non-hydrogen) atoms. The fourth-order valence-corrected chi connectivity index (χ4v) is 0.514. The van der Waals surface area contributed by atoms with Crippen LogP contribution in [0.15, 0.2) is 0 Å². The lowest BCUT2D eigenvalue weighted by Gasteiger charge is -2.21. The van der Waals surface area contributed by atoms with Crippen molar-refractivity contribution in [3.05, 3.63) is 0 Å². The van der Waals surface area contributed by atoms with Crippen LogP contribution in [0, 0.1) is 5.92 Å². The Bertz CT molecular complexity index is 145. The van der Waals surface area contributed by atoms with Crippen LogP contribution in [0.2, 0.25) is 0 Å². The summed E-state index contributed by atoms with van der Waals surface area (Å²) in [7, 11) is 1.73. The topological polar surface area (TPSA) is 29.5 Å². The van der Waals surface area contributed by atoms with E-state index in [2.05, 4.69) is 0 Å². The number of amides is 1. The lowest BCUT2D eigenvalue weighted by molar-refractivity contribution is 0.0576. The molecule has 0 aromatic carbocycles. The van der Waals surface area contributed by atoms with Gasteiger partial charge in [0, 0.05) is 13.6 Å². The van der Waals surface area contributed by atoms with Crippen LogP contribution in [-0.4, -0.2) is 30.7 Å². The predicted octanol–water partition coefficient (Wildman–Crippen LogP) is 2.12. The molecule has 0 aliphatic rings. The molecule has 0 aliphatic carbocycles. The summed E-state index contributed by atoms with van der Waals surface area (Å²) in [4.78, 5) is 12.7. The first-order valence-corrected chi connectivity index (χ1v) is 4.40. The Morgan fingerprint density at radius 3 is 2.25 bits per heavy atom. The highest BCUT2D eigenvalue weighted by atomic mass is 16.6. The van der Waals surface area contributed by atoms with Crippen molar-refractivity contribution in [1.29, 1.82) is 0 Å². The van der Waals surface area contributed by atoms with Crippen molar-refractivity contribution in [3.63, 3.8) is 0 Å². The molecular weight excluding hydrogens is 154 g/mol. The quantitative estimate of drug-likeness (QED) is 0.654. The molecule has 0 rings (SSSR count). The second-order valence-corrected chi connectivity index (χ2v) is 3.35. The Balaban J connectivity index is 3.84. The third-order valence-corrected chi connectivity index (χ3v) is 2.01. The van der Waals surface area contributed by atoms with Crippen LogP contribution in [0.4, 0.5) is 4.79 Å². The van der Waals surface area contributed by atoms with E-state index in [1.165, 1.54) is 0 Å². The van der Waals surface area contributed by atoms with Crippen molar-refractivity contribution in [1.82, 2.24) is 4.90 Å². The average molecular weight is 173 g/mol. The molecule has 0 saturated heterocycles. The van der Waals surface area contributed by atoms with Gasteiger partial charge >= 0.3 is 6.09 Å². The van der Waals surface area contributed by atoms with Gasteiger partial charge < -0.3 is 9.64 Å². The second kappa shape index (κ2) is 5.01. The van der Waals surface area contributed by atoms with E-state index in [4.69, 9.17) is 4.74 Å². The summed E-state index contributed by atoms with van der Waals surface area (Å²) in [5.41, 5.74) is 0. The maximum absolute atomic E-state index is 11.2. The molecule has 0 bridgehead atoms. The predicted molar refractivity (Wildman–Crippen MR) is 49.1 cm³/mol. The van der Waals surface area contributed by atoms with Crippen molar-refractivity contribution in [2.75, 3.05) is 13.6 Å². The van der Waals surface area contributed by atoms with Crippen LogP contribution in [0.5, 0.6) is 0 Å². The highest BCUT2D eigenvalue weighted by Crippen LogP contribution is 2.06. The van der Waals surface area contributed by atoms with Gasteiger partial charge in [-0.2, -0.15) is 0 Å². The van der Waals surface area contributed by atoms with Crippen LogP contribution < -0.4 is 0 Å². The normalized spacial score (nSPS) is 12.8. The molecule has 3 heteroatoms. The van der Waals surface area contributed by atoms with E-state index in [0.29, 0.717) is 12.5 Å². The van der Waals surface area contributed by atoms with Gasteiger partial charge in [0.05, 0.1) is 0 Å². The fourth-order valence-electron chi connectivity index (χ4n) is 0.514. The second-order valence-electron chi connectivity index (χ2n) is 3.35. The minimum atomic E-state index is -0.237. The molecule has 72 valence electrons. The molecule has 3 nitrogen and oxygen atoms in total. The third kappa shape index (κ3) is 3.60. The summed E-state index contributed by atoms with van der Waals surface area (Å²) in [5, 5.41) is 0. The van der Waals surface area contributed by atoms with Gasteiger partial charge in [-0.1, -0.05) is 13.8 Å². The molecule has 0 aromatic heterocycles. The van der Waals surface area contributed by atoms with Crippen LogP contribution in [-0.2, 0) is 4.74 Å². The molecule has 0 aliphatic heterocycles. The summed E-state index contributed by atoms with van der Waals surface area (Å²) in [6.45, 7) is 8.57. The number of carbonyl (C=O) groups is 1. The zero-order chi connectivity index (χ0) is 9.72. The highest BCUT2D eigenvalue weighted by molar-refractivity contribution is 5.67. The van der Waals surface area contributed by atoms with E-state index in [-0.39, 0.29) is 12.2 Å². The van der Waals surface area contributed by atoms with Crippen molar-refractivity contribution in [2.24, 2.45) is 5.92 Å². The number of nitrogens with zero attached hydrogens (tertiary/aromatic N) is 1. The first-order valence-electron chi connectivity index (χ1n) is 4.40. The maximum Gasteiger partial charge on any atom is 0.409 e. The number of carbonyl (C=O) groups excluding carboxylic acids is 1. The van der Waals surface area contributed by atoms with Crippen molar-refractivity contribution in [3.8, 4) is 0 Å². The van der Waals surface area contributed by atoms with E-state index in [1.54, 1.807) is 11.9 Å². The fraction of sp³-hybridized carbons (Fsp3) is 0.889. The summed E-state index contributed by atoms with van der Waals surface area (Å²) in [6.07, 6.45) is -0.245. The van der Waals surface area contributed by atoms with Gasteiger partial charge in [0.1, 0.15) is 6.10 Å². The van der Waals surface area contributed by atoms with Gasteiger partial charge in [0.2, 0.25) is 0 Å². The first-order chi connectivity index (χ1) is 5.49. The molecule has 0 fully saturated rings. The summed E-state index contributed by atoms with van der Waals surface area (Å²) >= 11 is 0. The highest BCUT2D eigenvalue weighted by Gasteiger charge is 2.14. The number of hydrogen-bond donors (Lipinski definition) is 0. The van der Waals surface area contributed by atoms with Gasteiger partial charge in [0.15, 0.2) is 0 Å². The molecule has 0 N–H and O–H groups in total. The molecule has 0 aromatic rings. The molecule has 1 amide bonds. The van der Waals surface area contributed by atoms with Crippen molar-refractivity contribution < 1.29 is 9.53 Å². The van der Waals surface area contributed by atoms with E-state index in [9.17, 15) is 4.79 Å². The van der Waals surface area contributed by atoms with Crippen LogP contribution in [0.3, 0.4) is 0 Å². The smallest absolute Gasteiger partial charge is 0.409 e. The van der Waals surface area contributed by atoms with Crippen molar-refractivity contribution >= 4 is 6.09 Å². The lowest BCUT2D eigenvalue weighted by atomic mass is 10.1.